The average molecular weight is 320 g/mol. The van der Waals surface area contributed by atoms with Crippen molar-refractivity contribution < 1.29 is 9.18 Å². The molecule has 1 aromatic rings. The molecule has 0 heterocycles. The average Bonchev–Trinajstić information content (AvgIpc) is 2.50. The van der Waals surface area contributed by atoms with Gasteiger partial charge >= 0.3 is 0 Å². The van der Waals surface area contributed by atoms with Crippen LogP contribution in [0.2, 0.25) is 0 Å². The normalized spacial score (nSPS) is 15.5. The van der Waals surface area contributed by atoms with Crippen LogP contribution in [0.4, 0.5) is 4.39 Å². The number of rotatable bonds is 9. The Morgan fingerprint density at radius 2 is 1.78 bits per heavy atom. The van der Waals surface area contributed by atoms with Gasteiger partial charge in [-0.1, -0.05) is 78.0 Å². The van der Waals surface area contributed by atoms with E-state index in [4.69, 9.17) is 0 Å². The molecule has 1 nitrogen and oxygen atoms in total. The third kappa shape index (κ3) is 5.44. The van der Waals surface area contributed by atoms with Crippen molar-refractivity contribution in [2.75, 3.05) is 0 Å². The molecule has 1 rings (SSSR count). The van der Waals surface area contributed by atoms with Gasteiger partial charge in [-0.05, 0) is 30.4 Å². The minimum Gasteiger partial charge on any atom is -0.299 e. The maximum Gasteiger partial charge on any atom is 0.143 e. The van der Waals surface area contributed by atoms with Crippen LogP contribution in [0.1, 0.15) is 77.3 Å². The molecule has 0 aliphatic rings. The Morgan fingerprint density at radius 3 is 2.35 bits per heavy atom. The Hall–Kier alpha value is -1.18. The van der Waals surface area contributed by atoms with E-state index >= 15 is 0 Å². The predicted octanol–water partition coefficient (Wildman–Crippen LogP) is 6.30. The summed E-state index contributed by atoms with van der Waals surface area (Å²) in [7, 11) is 0. The molecule has 0 saturated carbocycles. The third-order valence-corrected chi connectivity index (χ3v) is 5.05. The molecular weight excluding hydrogens is 287 g/mol. The van der Waals surface area contributed by atoms with Gasteiger partial charge in [0.2, 0.25) is 0 Å². The zero-order chi connectivity index (χ0) is 17.6. The standard InChI is InChI=1S/C21H33FO/c1-7-8-9-10-16(5)17(6)20(21(23)14(2)3)18-13-15(4)11-12-19(18)22/h11-14,16-17,20H,7-10H2,1-6H3. The van der Waals surface area contributed by atoms with Gasteiger partial charge in [0.1, 0.15) is 11.6 Å². The fraction of sp³-hybridized carbons (Fsp3) is 0.667. The van der Waals surface area contributed by atoms with Crippen molar-refractivity contribution >= 4 is 5.78 Å². The molecular formula is C21H33FO. The van der Waals surface area contributed by atoms with Crippen molar-refractivity contribution in [3.63, 3.8) is 0 Å². The number of ketones is 1. The van der Waals surface area contributed by atoms with Crippen molar-refractivity contribution in [2.24, 2.45) is 17.8 Å². The van der Waals surface area contributed by atoms with Crippen LogP contribution < -0.4 is 0 Å². The minimum atomic E-state index is -0.341. The highest BCUT2D eigenvalue weighted by Crippen LogP contribution is 2.36. The summed E-state index contributed by atoms with van der Waals surface area (Å²) in [4.78, 5) is 12.8. The lowest BCUT2D eigenvalue weighted by Crippen LogP contribution is -2.28. The van der Waals surface area contributed by atoms with Crippen LogP contribution >= 0.6 is 0 Å². The summed E-state index contributed by atoms with van der Waals surface area (Å²) in [5.41, 5.74) is 1.59. The van der Waals surface area contributed by atoms with Crippen molar-refractivity contribution in [2.45, 2.75) is 73.1 Å². The van der Waals surface area contributed by atoms with E-state index < -0.39 is 0 Å². The summed E-state index contributed by atoms with van der Waals surface area (Å²) in [5.74, 6) is 0.0514. The minimum absolute atomic E-state index is 0.0785. The number of halogens is 1. The van der Waals surface area contributed by atoms with Gasteiger partial charge in [-0.2, -0.15) is 0 Å². The van der Waals surface area contributed by atoms with Gasteiger partial charge in [0.25, 0.3) is 0 Å². The van der Waals surface area contributed by atoms with E-state index in [1.165, 1.54) is 25.3 Å². The van der Waals surface area contributed by atoms with Gasteiger partial charge in [0.15, 0.2) is 0 Å². The van der Waals surface area contributed by atoms with Crippen LogP contribution in [-0.2, 0) is 4.79 Å². The molecule has 1 aromatic carbocycles. The van der Waals surface area contributed by atoms with E-state index in [-0.39, 0.29) is 29.4 Å². The number of hydrogen-bond donors (Lipinski definition) is 0. The van der Waals surface area contributed by atoms with Crippen LogP contribution in [0, 0.1) is 30.5 Å². The number of benzene rings is 1. The second kappa shape index (κ2) is 9.20. The van der Waals surface area contributed by atoms with Crippen molar-refractivity contribution in [1.82, 2.24) is 0 Å². The summed E-state index contributed by atoms with van der Waals surface area (Å²) in [6.07, 6.45) is 4.70. The molecule has 0 radical (unpaired) electrons. The summed E-state index contributed by atoms with van der Waals surface area (Å²) in [6.45, 7) is 12.3. The van der Waals surface area contributed by atoms with Gasteiger partial charge in [0.05, 0.1) is 0 Å². The van der Waals surface area contributed by atoms with Crippen molar-refractivity contribution in [3.05, 3.63) is 35.1 Å². The van der Waals surface area contributed by atoms with Gasteiger partial charge in [-0.25, -0.2) is 4.39 Å². The van der Waals surface area contributed by atoms with Gasteiger partial charge in [-0.15, -0.1) is 0 Å². The number of Topliss-reactive ketones (excluding diaryl/α,β-unsaturated/α-hetero) is 1. The highest BCUT2D eigenvalue weighted by atomic mass is 19.1. The van der Waals surface area contributed by atoms with E-state index in [2.05, 4.69) is 20.8 Å². The Labute approximate surface area is 141 Å². The van der Waals surface area contributed by atoms with E-state index in [0.29, 0.717) is 11.5 Å². The number of hydrogen-bond acceptors (Lipinski definition) is 1. The fourth-order valence-electron chi connectivity index (χ4n) is 3.26. The lowest BCUT2D eigenvalue weighted by atomic mass is 9.73. The molecule has 130 valence electrons. The summed E-state index contributed by atoms with van der Waals surface area (Å²) >= 11 is 0. The molecule has 0 fully saturated rings. The molecule has 0 N–H and O–H groups in total. The Bertz CT molecular complexity index is 507. The maximum absolute atomic E-state index is 14.4. The third-order valence-electron chi connectivity index (χ3n) is 5.05. The molecule has 0 aromatic heterocycles. The molecule has 0 bridgehead atoms. The second-order valence-electron chi connectivity index (χ2n) is 7.39. The predicted molar refractivity (Wildman–Crippen MR) is 96.2 cm³/mol. The molecule has 3 atom stereocenters. The Kier molecular flexibility index (Phi) is 7.94. The van der Waals surface area contributed by atoms with E-state index in [1.807, 2.05) is 26.8 Å². The first-order valence-electron chi connectivity index (χ1n) is 9.09. The number of aryl methyl sites for hydroxylation is 1. The van der Waals surface area contributed by atoms with E-state index in [9.17, 15) is 9.18 Å². The lowest BCUT2D eigenvalue weighted by Gasteiger charge is -2.30. The van der Waals surface area contributed by atoms with E-state index in [1.54, 1.807) is 6.07 Å². The second-order valence-corrected chi connectivity index (χ2v) is 7.39. The van der Waals surface area contributed by atoms with E-state index in [0.717, 1.165) is 12.0 Å². The highest BCUT2D eigenvalue weighted by Gasteiger charge is 2.33. The topological polar surface area (TPSA) is 17.1 Å². The van der Waals surface area contributed by atoms with Crippen LogP contribution in [0.25, 0.3) is 0 Å². The van der Waals surface area contributed by atoms with Crippen LogP contribution in [0.3, 0.4) is 0 Å². The molecule has 23 heavy (non-hydrogen) atoms. The first kappa shape index (κ1) is 19.9. The van der Waals surface area contributed by atoms with Gasteiger partial charge < -0.3 is 0 Å². The smallest absolute Gasteiger partial charge is 0.143 e. The molecule has 0 aliphatic carbocycles. The Balaban J connectivity index is 3.10. The van der Waals surface area contributed by atoms with Crippen LogP contribution in [-0.4, -0.2) is 5.78 Å². The number of unbranched alkanes of at least 4 members (excludes halogenated alkanes) is 2. The van der Waals surface area contributed by atoms with Gasteiger partial charge in [0, 0.05) is 11.8 Å². The Morgan fingerprint density at radius 1 is 1.13 bits per heavy atom. The summed E-state index contributed by atoms with van der Waals surface area (Å²) in [5, 5.41) is 0. The SMILES string of the molecule is CCCCCC(C)C(C)C(C(=O)C(C)C)c1cc(C)ccc1F. The molecule has 3 unspecified atom stereocenters. The first-order valence-corrected chi connectivity index (χ1v) is 9.09. The fourth-order valence-corrected chi connectivity index (χ4v) is 3.26. The largest absolute Gasteiger partial charge is 0.299 e. The molecule has 0 saturated heterocycles. The first-order chi connectivity index (χ1) is 10.8. The monoisotopic (exact) mass is 320 g/mol. The number of carbonyl (C=O) groups is 1. The maximum atomic E-state index is 14.4. The lowest BCUT2D eigenvalue weighted by molar-refractivity contribution is -0.125. The molecule has 0 spiro atoms. The zero-order valence-electron chi connectivity index (χ0n) is 15.7. The molecule has 0 amide bonds. The summed E-state index contributed by atoms with van der Waals surface area (Å²) in [6, 6.07) is 5.13. The number of carbonyl (C=O) groups excluding carboxylic acids is 1. The zero-order valence-corrected chi connectivity index (χ0v) is 15.7. The van der Waals surface area contributed by atoms with Crippen LogP contribution in [0.5, 0.6) is 0 Å². The molecule has 0 aliphatic heterocycles. The van der Waals surface area contributed by atoms with Crippen molar-refractivity contribution in [3.8, 4) is 0 Å². The summed E-state index contributed by atoms with van der Waals surface area (Å²) < 4.78 is 14.4. The van der Waals surface area contributed by atoms with Gasteiger partial charge in [-0.3, -0.25) is 4.79 Å². The molecule has 2 heteroatoms. The van der Waals surface area contributed by atoms with Crippen LogP contribution in [0.15, 0.2) is 18.2 Å². The van der Waals surface area contributed by atoms with Crippen molar-refractivity contribution in [1.29, 1.82) is 0 Å². The quantitative estimate of drug-likeness (QED) is 0.488. The highest BCUT2D eigenvalue weighted by molar-refractivity contribution is 5.87.